The van der Waals surface area contributed by atoms with Gasteiger partial charge in [0.1, 0.15) is 0 Å². The minimum atomic E-state index is 0.0259. The summed E-state index contributed by atoms with van der Waals surface area (Å²) in [5, 5.41) is 0. The van der Waals surface area contributed by atoms with Crippen LogP contribution in [0.15, 0.2) is 54.6 Å². The van der Waals surface area contributed by atoms with Crippen LogP contribution in [0.5, 0.6) is 0 Å². The van der Waals surface area contributed by atoms with Gasteiger partial charge in [0.2, 0.25) is 0 Å². The summed E-state index contributed by atoms with van der Waals surface area (Å²) in [5.41, 5.74) is 3.40. The molecule has 0 heterocycles. The van der Waals surface area contributed by atoms with Crippen LogP contribution in [0.1, 0.15) is 48.2 Å². The Hall–Kier alpha value is -1.89. The number of carbonyl (C=O) groups is 1. The predicted molar refractivity (Wildman–Crippen MR) is 84.2 cm³/mol. The molecule has 2 aromatic carbocycles. The summed E-state index contributed by atoms with van der Waals surface area (Å²) in [6.45, 7) is 6.50. The third-order valence-electron chi connectivity index (χ3n) is 3.91. The monoisotopic (exact) mass is 266 g/mol. The first-order chi connectivity index (χ1) is 9.49. The molecule has 0 unspecified atom stereocenters. The molecule has 0 aliphatic heterocycles. The molecule has 0 amide bonds. The van der Waals surface area contributed by atoms with E-state index in [4.69, 9.17) is 0 Å². The number of hydrogen-bond acceptors (Lipinski definition) is 1. The van der Waals surface area contributed by atoms with Crippen molar-refractivity contribution in [1.29, 1.82) is 0 Å². The first-order valence-corrected chi connectivity index (χ1v) is 7.14. The predicted octanol–water partition coefficient (Wildman–Crippen LogP) is 4.94. The van der Waals surface area contributed by atoms with E-state index in [1.165, 1.54) is 11.1 Å². The topological polar surface area (TPSA) is 17.1 Å². The number of rotatable bonds is 5. The quantitative estimate of drug-likeness (QED) is 0.701. The number of carbonyl (C=O) groups excluding carboxylic acids is 1. The van der Waals surface area contributed by atoms with E-state index >= 15 is 0 Å². The van der Waals surface area contributed by atoms with Gasteiger partial charge in [0.25, 0.3) is 0 Å². The lowest BCUT2D eigenvalue weighted by molar-refractivity contribution is 0.0972. The smallest absolute Gasteiger partial charge is 0.162 e. The highest BCUT2D eigenvalue weighted by Gasteiger charge is 2.21. The Morgan fingerprint density at radius 3 is 2.15 bits per heavy atom. The van der Waals surface area contributed by atoms with Gasteiger partial charge < -0.3 is 0 Å². The molecule has 0 fully saturated rings. The molecule has 20 heavy (non-hydrogen) atoms. The van der Waals surface area contributed by atoms with Crippen molar-refractivity contribution >= 4 is 5.78 Å². The van der Waals surface area contributed by atoms with Crippen molar-refractivity contribution < 1.29 is 4.79 Å². The number of ketones is 1. The molecular weight excluding hydrogens is 244 g/mol. The molecule has 104 valence electrons. The van der Waals surface area contributed by atoms with Gasteiger partial charge in [-0.25, -0.2) is 0 Å². The molecular formula is C19H22O. The Kier molecular flexibility index (Phi) is 4.39. The van der Waals surface area contributed by atoms with Crippen LogP contribution in [0.4, 0.5) is 0 Å². The summed E-state index contributed by atoms with van der Waals surface area (Å²) < 4.78 is 0. The van der Waals surface area contributed by atoms with Crippen LogP contribution in [0, 0.1) is 6.92 Å². The lowest BCUT2D eigenvalue weighted by Gasteiger charge is -2.25. The third kappa shape index (κ3) is 3.57. The molecule has 0 aliphatic rings. The Morgan fingerprint density at radius 2 is 1.55 bits per heavy atom. The zero-order valence-corrected chi connectivity index (χ0v) is 12.5. The molecule has 2 rings (SSSR count). The maximum atomic E-state index is 12.2. The lowest BCUT2D eigenvalue weighted by atomic mass is 9.79. The molecule has 0 atom stereocenters. The first kappa shape index (κ1) is 14.5. The minimum absolute atomic E-state index is 0.0259. The average molecular weight is 266 g/mol. The number of hydrogen-bond donors (Lipinski definition) is 0. The fourth-order valence-electron chi connectivity index (χ4n) is 2.34. The highest BCUT2D eigenvalue weighted by Crippen LogP contribution is 2.29. The van der Waals surface area contributed by atoms with Crippen LogP contribution >= 0.6 is 0 Å². The molecule has 0 aliphatic carbocycles. The zero-order chi connectivity index (χ0) is 14.6. The summed E-state index contributed by atoms with van der Waals surface area (Å²) >= 11 is 0. The maximum Gasteiger partial charge on any atom is 0.162 e. The van der Waals surface area contributed by atoms with Crippen LogP contribution < -0.4 is 0 Å². The minimum Gasteiger partial charge on any atom is -0.294 e. The van der Waals surface area contributed by atoms with Crippen molar-refractivity contribution in [2.75, 3.05) is 0 Å². The second-order valence-electron chi connectivity index (χ2n) is 6.04. The molecule has 0 radical (unpaired) electrons. The summed E-state index contributed by atoms with van der Waals surface area (Å²) in [4.78, 5) is 12.2. The van der Waals surface area contributed by atoms with Crippen molar-refractivity contribution in [2.45, 2.75) is 39.0 Å². The average Bonchev–Trinajstić information content (AvgIpc) is 2.46. The van der Waals surface area contributed by atoms with Gasteiger partial charge in [0, 0.05) is 12.0 Å². The molecule has 0 aromatic heterocycles. The molecule has 0 bridgehead atoms. The molecule has 0 saturated heterocycles. The van der Waals surface area contributed by atoms with Gasteiger partial charge in [-0.3, -0.25) is 4.79 Å². The highest BCUT2D eigenvalue weighted by molar-refractivity contribution is 5.96. The van der Waals surface area contributed by atoms with Gasteiger partial charge in [-0.15, -0.1) is 0 Å². The lowest BCUT2D eigenvalue weighted by Crippen LogP contribution is -2.18. The summed E-state index contributed by atoms with van der Waals surface area (Å²) in [5.74, 6) is 0.228. The van der Waals surface area contributed by atoms with Crippen molar-refractivity contribution in [1.82, 2.24) is 0 Å². The molecule has 0 spiro atoms. The zero-order valence-electron chi connectivity index (χ0n) is 12.5. The fraction of sp³-hybridized carbons (Fsp3) is 0.316. The molecule has 2 aromatic rings. The van der Waals surface area contributed by atoms with E-state index in [1.54, 1.807) is 0 Å². The summed E-state index contributed by atoms with van der Waals surface area (Å²) in [7, 11) is 0. The van der Waals surface area contributed by atoms with Gasteiger partial charge in [-0.05, 0) is 24.3 Å². The number of benzene rings is 2. The van der Waals surface area contributed by atoms with Gasteiger partial charge in [0.15, 0.2) is 5.78 Å². The van der Waals surface area contributed by atoms with Crippen molar-refractivity contribution in [3.8, 4) is 0 Å². The summed E-state index contributed by atoms with van der Waals surface area (Å²) in [6, 6.07) is 18.2. The fourth-order valence-corrected chi connectivity index (χ4v) is 2.34. The van der Waals surface area contributed by atoms with Crippen LogP contribution in [-0.2, 0) is 5.41 Å². The van der Waals surface area contributed by atoms with Crippen molar-refractivity contribution in [3.63, 3.8) is 0 Å². The standard InChI is InChI=1S/C19H22O/c1-15-9-11-17(12-10-15)19(2,3)14-13-18(20)16-7-5-4-6-8-16/h4-12H,13-14H2,1-3H3. The third-order valence-corrected chi connectivity index (χ3v) is 3.91. The number of aryl methyl sites for hydroxylation is 1. The van der Waals surface area contributed by atoms with E-state index in [0.29, 0.717) is 6.42 Å². The Bertz CT molecular complexity index is 564. The van der Waals surface area contributed by atoms with Gasteiger partial charge in [-0.2, -0.15) is 0 Å². The van der Waals surface area contributed by atoms with Crippen LogP contribution in [0.25, 0.3) is 0 Å². The van der Waals surface area contributed by atoms with E-state index in [9.17, 15) is 4.79 Å². The van der Waals surface area contributed by atoms with Crippen molar-refractivity contribution in [2.24, 2.45) is 0 Å². The van der Waals surface area contributed by atoms with Crippen LogP contribution in [0.3, 0.4) is 0 Å². The van der Waals surface area contributed by atoms with E-state index in [0.717, 1.165) is 12.0 Å². The van der Waals surface area contributed by atoms with E-state index in [2.05, 4.69) is 45.0 Å². The first-order valence-electron chi connectivity index (χ1n) is 7.14. The summed E-state index contributed by atoms with van der Waals surface area (Å²) in [6.07, 6.45) is 1.45. The van der Waals surface area contributed by atoms with Gasteiger partial charge in [0.05, 0.1) is 0 Å². The molecule has 1 nitrogen and oxygen atoms in total. The second-order valence-corrected chi connectivity index (χ2v) is 6.04. The Morgan fingerprint density at radius 1 is 0.950 bits per heavy atom. The Labute approximate surface area is 121 Å². The van der Waals surface area contributed by atoms with Gasteiger partial charge >= 0.3 is 0 Å². The van der Waals surface area contributed by atoms with Crippen LogP contribution in [0.2, 0.25) is 0 Å². The molecule has 1 heteroatoms. The van der Waals surface area contributed by atoms with Crippen molar-refractivity contribution in [3.05, 3.63) is 71.3 Å². The molecule has 0 saturated carbocycles. The van der Waals surface area contributed by atoms with Crippen LogP contribution in [-0.4, -0.2) is 5.78 Å². The molecule has 0 N–H and O–H groups in total. The Balaban J connectivity index is 2.02. The largest absolute Gasteiger partial charge is 0.294 e. The number of Topliss-reactive ketones (excluding diaryl/α,β-unsaturated/α-hetero) is 1. The second kappa shape index (κ2) is 6.04. The SMILES string of the molecule is Cc1ccc(C(C)(C)CCC(=O)c2ccccc2)cc1. The normalized spacial score (nSPS) is 11.3. The highest BCUT2D eigenvalue weighted by atomic mass is 16.1. The van der Waals surface area contributed by atoms with Gasteiger partial charge in [-0.1, -0.05) is 74.0 Å². The maximum absolute atomic E-state index is 12.2. The van der Waals surface area contributed by atoms with E-state index in [-0.39, 0.29) is 11.2 Å². The van der Waals surface area contributed by atoms with E-state index < -0.39 is 0 Å². The van der Waals surface area contributed by atoms with E-state index in [1.807, 2.05) is 30.3 Å².